The number of benzene rings is 3. The highest BCUT2D eigenvalue weighted by molar-refractivity contribution is 5.93. The molecule has 0 aliphatic carbocycles. The summed E-state index contributed by atoms with van der Waals surface area (Å²) in [4.78, 5) is 17.7. The predicted octanol–water partition coefficient (Wildman–Crippen LogP) is 8.18. The number of aromatic nitrogens is 2. The first kappa shape index (κ1) is 27.8. The van der Waals surface area contributed by atoms with Crippen LogP contribution >= 0.6 is 0 Å². The average molecular weight is 570 g/mol. The highest BCUT2D eigenvalue weighted by Crippen LogP contribution is 2.38. The Morgan fingerprint density at radius 2 is 1.49 bits per heavy atom. The van der Waals surface area contributed by atoms with Crippen LogP contribution in [0.3, 0.4) is 0 Å². The first-order valence-electron chi connectivity index (χ1n) is 12.3. The average Bonchev–Trinajstić information content (AvgIpc) is 3.31. The Hall–Kier alpha value is -4.80. The molecule has 0 aliphatic rings. The number of hydrogen-bond acceptors (Lipinski definition) is 4. The lowest BCUT2D eigenvalue weighted by atomic mass is 10.0. The Bertz CT molecular complexity index is 1690. The van der Waals surface area contributed by atoms with Gasteiger partial charge in [-0.15, -0.1) is 0 Å². The number of carbonyl (C=O) groups is 1. The summed E-state index contributed by atoms with van der Waals surface area (Å²) in [6.45, 7) is 2.28. The van der Waals surface area contributed by atoms with E-state index in [4.69, 9.17) is 9.72 Å². The van der Waals surface area contributed by atoms with Crippen LogP contribution in [0.5, 0.6) is 5.75 Å². The summed E-state index contributed by atoms with van der Waals surface area (Å²) >= 11 is 0. The maximum Gasteiger partial charge on any atom is 0.416 e. The molecule has 0 unspecified atom stereocenters. The van der Waals surface area contributed by atoms with Crippen LogP contribution in [-0.2, 0) is 18.9 Å². The van der Waals surface area contributed by atoms with Gasteiger partial charge < -0.3 is 10.1 Å². The Kier molecular flexibility index (Phi) is 7.20. The Morgan fingerprint density at radius 3 is 2.15 bits per heavy atom. The van der Waals surface area contributed by atoms with E-state index in [0.29, 0.717) is 41.4 Å². The van der Waals surface area contributed by atoms with E-state index in [-0.39, 0.29) is 11.8 Å². The van der Waals surface area contributed by atoms with Gasteiger partial charge in [-0.2, -0.15) is 26.3 Å². The lowest BCUT2D eigenvalue weighted by molar-refractivity contribution is -0.143. The highest BCUT2D eigenvalue weighted by Gasteiger charge is 2.38. The van der Waals surface area contributed by atoms with Crippen molar-refractivity contribution in [1.82, 2.24) is 9.38 Å². The van der Waals surface area contributed by atoms with E-state index >= 15 is 0 Å². The Balaban J connectivity index is 1.56. The van der Waals surface area contributed by atoms with Gasteiger partial charge in [-0.25, -0.2) is 9.78 Å². The number of ether oxygens (including phenoxy) is 1. The second-order valence-electron chi connectivity index (χ2n) is 9.21. The topological polar surface area (TPSA) is 55.6 Å². The van der Waals surface area contributed by atoms with Crippen molar-refractivity contribution >= 4 is 17.4 Å². The summed E-state index contributed by atoms with van der Waals surface area (Å²) in [6, 6.07) is 20.0. The van der Waals surface area contributed by atoms with Crippen molar-refractivity contribution in [2.45, 2.75) is 25.8 Å². The molecule has 2 aromatic heterocycles. The number of anilines is 1. The molecule has 0 bridgehead atoms. The fourth-order valence-electron chi connectivity index (χ4n) is 4.33. The van der Waals surface area contributed by atoms with Crippen LogP contribution < -0.4 is 10.1 Å². The van der Waals surface area contributed by atoms with Crippen molar-refractivity contribution in [2.75, 3.05) is 5.32 Å². The molecule has 5 rings (SSSR count). The zero-order valence-corrected chi connectivity index (χ0v) is 21.3. The molecule has 0 saturated heterocycles. The first-order valence-corrected chi connectivity index (χ1v) is 12.3. The Morgan fingerprint density at radius 1 is 0.854 bits per heavy atom. The molecule has 210 valence electrons. The molecule has 0 spiro atoms. The summed E-state index contributed by atoms with van der Waals surface area (Å²) in [5.74, 6) is -0.922. The molecule has 0 aliphatic heterocycles. The SMILES string of the molecule is Cc1cccn2c(NCc3ccccc3)c(-c3ccccc3OC(=O)c3cc(C(F)(F)F)cc(C(F)(F)F)c3)nc12. The second-order valence-corrected chi connectivity index (χ2v) is 9.21. The number of hydrogen-bond donors (Lipinski definition) is 1. The van der Waals surface area contributed by atoms with Gasteiger partial charge >= 0.3 is 18.3 Å². The van der Waals surface area contributed by atoms with Crippen molar-refractivity contribution in [3.8, 4) is 17.0 Å². The number of fused-ring (bicyclic) bond motifs is 1. The molecule has 0 amide bonds. The molecule has 0 saturated carbocycles. The molecule has 0 atom stereocenters. The third kappa shape index (κ3) is 5.88. The van der Waals surface area contributed by atoms with Crippen LogP contribution in [0.4, 0.5) is 32.2 Å². The molecule has 0 radical (unpaired) electrons. The standard InChI is InChI=1S/C30H21F6N3O2/c1-18-8-7-13-39-26(18)38-25(27(39)37-17-19-9-3-2-4-10-19)23-11-5-6-12-24(23)41-28(40)20-14-21(29(31,32)33)16-22(15-20)30(34,35)36/h2-16,37H,17H2,1H3. The van der Waals surface area contributed by atoms with E-state index in [1.54, 1.807) is 18.3 Å². The summed E-state index contributed by atoms with van der Waals surface area (Å²) in [5.41, 5.74) is -1.01. The number of rotatable bonds is 6. The van der Waals surface area contributed by atoms with Gasteiger partial charge in [0.05, 0.1) is 16.7 Å². The minimum Gasteiger partial charge on any atom is -0.422 e. The normalized spacial score (nSPS) is 12.0. The van der Waals surface area contributed by atoms with Gasteiger partial charge in [0.2, 0.25) is 0 Å². The number of pyridine rings is 1. The van der Waals surface area contributed by atoms with Crippen LogP contribution in [0, 0.1) is 6.92 Å². The van der Waals surface area contributed by atoms with Crippen LogP contribution in [0.25, 0.3) is 16.9 Å². The lowest BCUT2D eigenvalue weighted by Gasteiger charge is -2.15. The van der Waals surface area contributed by atoms with E-state index in [1.165, 1.54) is 12.1 Å². The van der Waals surface area contributed by atoms with E-state index in [2.05, 4.69) is 5.32 Å². The van der Waals surface area contributed by atoms with Crippen molar-refractivity contribution in [1.29, 1.82) is 0 Å². The third-order valence-electron chi connectivity index (χ3n) is 6.32. The predicted molar refractivity (Wildman–Crippen MR) is 141 cm³/mol. The van der Waals surface area contributed by atoms with E-state index < -0.39 is 35.0 Å². The van der Waals surface area contributed by atoms with Crippen LogP contribution in [0.2, 0.25) is 0 Å². The number of imidazole rings is 1. The first-order chi connectivity index (χ1) is 19.4. The fraction of sp³-hybridized carbons (Fsp3) is 0.133. The van der Waals surface area contributed by atoms with E-state index in [0.717, 1.165) is 11.1 Å². The lowest BCUT2D eigenvalue weighted by Crippen LogP contribution is -2.16. The molecule has 5 nitrogen and oxygen atoms in total. The number of nitrogens with one attached hydrogen (secondary N) is 1. The van der Waals surface area contributed by atoms with Gasteiger partial charge in [0.15, 0.2) is 0 Å². The number of aryl methyl sites for hydroxylation is 1. The van der Waals surface area contributed by atoms with Gasteiger partial charge in [-0.05, 0) is 54.4 Å². The van der Waals surface area contributed by atoms with Gasteiger partial charge in [-0.1, -0.05) is 48.5 Å². The van der Waals surface area contributed by atoms with Gasteiger partial charge in [0, 0.05) is 18.3 Å². The minimum absolute atomic E-state index is 0.0472. The molecular formula is C30H21F6N3O2. The molecule has 41 heavy (non-hydrogen) atoms. The summed E-state index contributed by atoms with van der Waals surface area (Å²) in [5, 5.41) is 3.35. The number of nitrogens with zero attached hydrogens (tertiary/aromatic N) is 2. The van der Waals surface area contributed by atoms with Crippen molar-refractivity contribution in [2.24, 2.45) is 0 Å². The van der Waals surface area contributed by atoms with E-state index in [1.807, 2.05) is 53.8 Å². The molecule has 11 heteroatoms. The zero-order valence-electron chi connectivity index (χ0n) is 21.3. The molecular weight excluding hydrogens is 548 g/mol. The van der Waals surface area contributed by atoms with Gasteiger partial charge in [-0.3, -0.25) is 4.40 Å². The van der Waals surface area contributed by atoms with Crippen LogP contribution in [-0.4, -0.2) is 15.4 Å². The van der Waals surface area contributed by atoms with Crippen LogP contribution in [0.1, 0.15) is 32.6 Å². The highest BCUT2D eigenvalue weighted by atomic mass is 19.4. The largest absolute Gasteiger partial charge is 0.422 e. The number of esters is 1. The van der Waals surface area contributed by atoms with Gasteiger partial charge in [0.1, 0.15) is 22.9 Å². The zero-order chi connectivity index (χ0) is 29.4. The maximum atomic E-state index is 13.3. The van der Waals surface area contributed by atoms with Crippen molar-refractivity contribution < 1.29 is 35.9 Å². The monoisotopic (exact) mass is 569 g/mol. The second kappa shape index (κ2) is 10.6. The minimum atomic E-state index is -5.11. The fourth-order valence-corrected chi connectivity index (χ4v) is 4.33. The van der Waals surface area contributed by atoms with Crippen molar-refractivity contribution in [3.05, 3.63) is 119 Å². The smallest absolute Gasteiger partial charge is 0.416 e. The molecule has 3 aromatic carbocycles. The molecule has 0 fully saturated rings. The summed E-state index contributed by atoms with van der Waals surface area (Å²) in [6.07, 6.45) is -8.42. The number of para-hydroxylation sites is 1. The molecule has 1 N–H and O–H groups in total. The third-order valence-corrected chi connectivity index (χ3v) is 6.32. The quantitative estimate of drug-likeness (QED) is 0.127. The molecule has 5 aromatic rings. The maximum absolute atomic E-state index is 13.3. The number of alkyl halides is 6. The molecule has 2 heterocycles. The summed E-state index contributed by atoms with van der Waals surface area (Å²) < 4.78 is 87.3. The van der Waals surface area contributed by atoms with Crippen LogP contribution in [0.15, 0.2) is 91.1 Å². The number of halogens is 6. The number of carbonyl (C=O) groups excluding carboxylic acids is 1. The summed E-state index contributed by atoms with van der Waals surface area (Å²) in [7, 11) is 0. The Labute approximate surface area is 230 Å². The van der Waals surface area contributed by atoms with E-state index in [9.17, 15) is 31.1 Å². The van der Waals surface area contributed by atoms with Crippen molar-refractivity contribution in [3.63, 3.8) is 0 Å². The van der Waals surface area contributed by atoms with Gasteiger partial charge in [0.25, 0.3) is 0 Å².